The molecule has 1 aromatic rings. The van der Waals surface area contributed by atoms with Crippen LogP contribution in [0.4, 0.5) is 0 Å². The number of likely N-dealkylation sites (tertiary alicyclic amines) is 1. The number of nitrogens with zero attached hydrogens (tertiary/aromatic N) is 3. The molecule has 4 nitrogen and oxygen atoms in total. The van der Waals surface area contributed by atoms with Gasteiger partial charge in [0.1, 0.15) is 6.61 Å². The van der Waals surface area contributed by atoms with Gasteiger partial charge in [-0.25, -0.2) is 9.97 Å². The predicted octanol–water partition coefficient (Wildman–Crippen LogP) is 1.99. The van der Waals surface area contributed by atoms with E-state index in [-0.39, 0.29) is 0 Å². The van der Waals surface area contributed by atoms with Crippen molar-refractivity contribution in [3.05, 3.63) is 17.5 Å². The molecule has 0 saturated carbocycles. The van der Waals surface area contributed by atoms with Crippen LogP contribution in [0, 0.1) is 0 Å². The predicted molar refractivity (Wildman–Crippen MR) is 62.8 cm³/mol. The van der Waals surface area contributed by atoms with E-state index in [0.29, 0.717) is 17.6 Å². The first-order chi connectivity index (χ1) is 7.86. The third kappa shape index (κ3) is 3.32. The molecule has 1 aliphatic heterocycles. The van der Waals surface area contributed by atoms with Crippen LogP contribution in [0.2, 0.25) is 5.15 Å². The van der Waals surface area contributed by atoms with Crippen LogP contribution in [-0.2, 0) is 0 Å². The summed E-state index contributed by atoms with van der Waals surface area (Å²) in [7, 11) is 0. The molecular formula is C11H16ClN3O. The van der Waals surface area contributed by atoms with Gasteiger partial charge in [0.15, 0.2) is 5.15 Å². The molecule has 0 aliphatic carbocycles. The van der Waals surface area contributed by atoms with E-state index in [0.717, 1.165) is 6.54 Å². The Balaban J connectivity index is 1.73. The fourth-order valence-corrected chi connectivity index (χ4v) is 2.02. The maximum atomic E-state index is 5.83. The molecule has 0 bridgehead atoms. The first-order valence-electron chi connectivity index (χ1n) is 5.68. The number of hydrogen-bond acceptors (Lipinski definition) is 4. The first kappa shape index (κ1) is 11.6. The van der Waals surface area contributed by atoms with Crippen LogP contribution >= 0.6 is 11.6 Å². The highest BCUT2D eigenvalue weighted by atomic mass is 35.5. The quantitative estimate of drug-likeness (QED) is 0.808. The Morgan fingerprint density at radius 3 is 2.69 bits per heavy atom. The van der Waals surface area contributed by atoms with Crippen LogP contribution in [0.25, 0.3) is 0 Å². The molecule has 5 heteroatoms. The molecule has 1 aliphatic rings. The molecule has 2 rings (SSSR count). The van der Waals surface area contributed by atoms with Gasteiger partial charge in [-0.1, -0.05) is 18.0 Å². The topological polar surface area (TPSA) is 38.3 Å². The summed E-state index contributed by atoms with van der Waals surface area (Å²) < 4.78 is 5.49. The standard InChI is InChI=1S/C11H16ClN3O/c12-10-11(14-5-4-13-10)16-9-8-15-6-2-1-3-7-15/h4-5H,1-3,6-9H2. The monoisotopic (exact) mass is 241 g/mol. The Kier molecular flexibility index (Phi) is 4.36. The van der Waals surface area contributed by atoms with E-state index in [1.54, 1.807) is 12.4 Å². The van der Waals surface area contributed by atoms with Gasteiger partial charge in [-0.15, -0.1) is 0 Å². The molecule has 88 valence electrons. The van der Waals surface area contributed by atoms with Gasteiger partial charge in [0.05, 0.1) is 0 Å². The van der Waals surface area contributed by atoms with Crippen molar-refractivity contribution in [1.82, 2.24) is 14.9 Å². The van der Waals surface area contributed by atoms with Crippen LogP contribution in [0.5, 0.6) is 5.88 Å². The number of ether oxygens (including phenoxy) is 1. The number of aromatic nitrogens is 2. The normalized spacial score (nSPS) is 17.3. The van der Waals surface area contributed by atoms with E-state index in [1.165, 1.54) is 32.4 Å². The lowest BCUT2D eigenvalue weighted by molar-refractivity contribution is 0.180. The molecule has 0 radical (unpaired) electrons. The van der Waals surface area contributed by atoms with E-state index >= 15 is 0 Å². The lowest BCUT2D eigenvalue weighted by Gasteiger charge is -2.25. The summed E-state index contributed by atoms with van der Waals surface area (Å²) in [5.74, 6) is 0.432. The zero-order valence-corrected chi connectivity index (χ0v) is 9.99. The zero-order valence-electron chi connectivity index (χ0n) is 9.23. The van der Waals surface area contributed by atoms with Gasteiger partial charge in [-0.3, -0.25) is 4.90 Å². The van der Waals surface area contributed by atoms with Crippen LogP contribution in [-0.4, -0.2) is 41.1 Å². The fraction of sp³-hybridized carbons (Fsp3) is 0.636. The number of rotatable bonds is 4. The summed E-state index contributed by atoms with van der Waals surface area (Å²) in [5, 5.41) is 0.334. The van der Waals surface area contributed by atoms with E-state index in [2.05, 4.69) is 14.9 Å². The van der Waals surface area contributed by atoms with Crippen molar-refractivity contribution in [2.75, 3.05) is 26.2 Å². The second-order valence-corrected chi connectivity index (χ2v) is 4.26. The van der Waals surface area contributed by atoms with Crippen molar-refractivity contribution in [3.8, 4) is 5.88 Å². The second-order valence-electron chi connectivity index (χ2n) is 3.90. The number of halogens is 1. The molecule has 1 fully saturated rings. The van der Waals surface area contributed by atoms with Gasteiger partial charge in [-0.05, 0) is 25.9 Å². The van der Waals surface area contributed by atoms with Crippen molar-refractivity contribution in [3.63, 3.8) is 0 Å². The van der Waals surface area contributed by atoms with Crippen LogP contribution in [0.3, 0.4) is 0 Å². The average molecular weight is 242 g/mol. The van der Waals surface area contributed by atoms with Crippen molar-refractivity contribution in [2.24, 2.45) is 0 Å². The first-order valence-corrected chi connectivity index (χ1v) is 6.06. The Morgan fingerprint density at radius 2 is 1.94 bits per heavy atom. The number of hydrogen-bond donors (Lipinski definition) is 0. The Bertz CT molecular complexity index is 329. The van der Waals surface area contributed by atoms with Gasteiger partial charge in [0, 0.05) is 18.9 Å². The molecule has 0 amide bonds. The molecule has 0 aromatic carbocycles. The minimum absolute atomic E-state index is 0.334. The molecular weight excluding hydrogens is 226 g/mol. The van der Waals surface area contributed by atoms with E-state index in [9.17, 15) is 0 Å². The summed E-state index contributed by atoms with van der Waals surface area (Å²) in [6, 6.07) is 0. The smallest absolute Gasteiger partial charge is 0.252 e. The summed E-state index contributed by atoms with van der Waals surface area (Å²) in [4.78, 5) is 10.3. The average Bonchev–Trinajstić information content (AvgIpc) is 2.33. The maximum Gasteiger partial charge on any atom is 0.252 e. The fourth-order valence-electron chi connectivity index (χ4n) is 1.86. The van der Waals surface area contributed by atoms with Crippen molar-refractivity contribution >= 4 is 11.6 Å². The molecule has 16 heavy (non-hydrogen) atoms. The van der Waals surface area contributed by atoms with Crippen molar-refractivity contribution in [1.29, 1.82) is 0 Å². The van der Waals surface area contributed by atoms with Crippen LogP contribution in [0.1, 0.15) is 19.3 Å². The molecule has 0 N–H and O–H groups in total. The second kappa shape index (κ2) is 6.01. The van der Waals surface area contributed by atoms with E-state index in [4.69, 9.17) is 16.3 Å². The number of piperidine rings is 1. The van der Waals surface area contributed by atoms with Crippen molar-refractivity contribution in [2.45, 2.75) is 19.3 Å². The molecule has 1 aromatic heterocycles. The Hall–Kier alpha value is -0.870. The van der Waals surface area contributed by atoms with Crippen LogP contribution < -0.4 is 4.74 Å². The zero-order chi connectivity index (χ0) is 11.2. The highest BCUT2D eigenvalue weighted by Gasteiger charge is 2.10. The molecule has 0 spiro atoms. The lowest BCUT2D eigenvalue weighted by atomic mass is 10.1. The molecule has 0 unspecified atom stereocenters. The molecule has 0 atom stereocenters. The Labute approximate surface area is 101 Å². The highest BCUT2D eigenvalue weighted by Crippen LogP contribution is 2.16. The van der Waals surface area contributed by atoms with Gasteiger partial charge >= 0.3 is 0 Å². The summed E-state index contributed by atoms with van der Waals surface area (Å²) in [6.45, 7) is 3.92. The Morgan fingerprint density at radius 1 is 1.19 bits per heavy atom. The van der Waals surface area contributed by atoms with Crippen LogP contribution in [0.15, 0.2) is 12.4 Å². The summed E-state index contributed by atoms with van der Waals surface area (Å²) in [6.07, 6.45) is 7.09. The third-order valence-corrected chi connectivity index (χ3v) is 2.98. The van der Waals surface area contributed by atoms with Gasteiger partial charge in [0.2, 0.25) is 0 Å². The lowest BCUT2D eigenvalue weighted by Crippen LogP contribution is -2.33. The highest BCUT2D eigenvalue weighted by molar-refractivity contribution is 6.30. The van der Waals surface area contributed by atoms with Gasteiger partial charge in [-0.2, -0.15) is 0 Å². The van der Waals surface area contributed by atoms with Crippen molar-refractivity contribution < 1.29 is 4.74 Å². The van der Waals surface area contributed by atoms with E-state index in [1.807, 2.05) is 0 Å². The summed E-state index contributed by atoms with van der Waals surface area (Å²) in [5.41, 5.74) is 0. The summed E-state index contributed by atoms with van der Waals surface area (Å²) >= 11 is 5.83. The molecule has 1 saturated heterocycles. The van der Waals surface area contributed by atoms with Gasteiger partial charge in [0.25, 0.3) is 5.88 Å². The largest absolute Gasteiger partial charge is 0.474 e. The van der Waals surface area contributed by atoms with E-state index < -0.39 is 0 Å². The third-order valence-electron chi connectivity index (χ3n) is 2.72. The minimum Gasteiger partial charge on any atom is -0.474 e. The minimum atomic E-state index is 0.334. The maximum absolute atomic E-state index is 5.83. The molecule has 2 heterocycles. The SMILES string of the molecule is Clc1nccnc1OCCN1CCCCC1. The van der Waals surface area contributed by atoms with Gasteiger partial charge < -0.3 is 4.74 Å².